The van der Waals surface area contributed by atoms with Crippen molar-refractivity contribution < 1.29 is 39.5 Å². The largest absolute Gasteiger partial charge is 1.00 e. The third-order valence-corrected chi connectivity index (χ3v) is 4.78. The average molecular weight is 335 g/mol. The molecule has 2 nitrogen and oxygen atoms in total. The van der Waals surface area contributed by atoms with Crippen LogP contribution in [0.3, 0.4) is 0 Å². The van der Waals surface area contributed by atoms with E-state index in [-0.39, 0.29) is 41.9 Å². The third kappa shape index (κ3) is 18.6. The van der Waals surface area contributed by atoms with E-state index >= 15 is 0 Å². The van der Waals surface area contributed by atoms with Gasteiger partial charge in [0.1, 0.15) is 0 Å². The van der Waals surface area contributed by atoms with E-state index in [1.54, 1.807) is 0 Å². The first-order valence-corrected chi connectivity index (χ1v) is 9.51. The summed E-state index contributed by atoms with van der Waals surface area (Å²) in [6.07, 6.45) is 11.8. The molecule has 0 aliphatic carbocycles. The van der Waals surface area contributed by atoms with E-state index in [9.17, 15) is 9.90 Å². The van der Waals surface area contributed by atoms with E-state index in [1.807, 2.05) is 6.92 Å². The van der Waals surface area contributed by atoms with Crippen LogP contribution in [-0.2, 0) is 4.79 Å². The first kappa shape index (κ1) is 25.7. The summed E-state index contributed by atoms with van der Waals surface area (Å²) < 4.78 is 0. The van der Waals surface area contributed by atoms with E-state index in [0.717, 1.165) is 30.6 Å². The fourth-order valence-electron chi connectivity index (χ4n) is 3.18. The van der Waals surface area contributed by atoms with Crippen LogP contribution in [-0.4, -0.2) is 5.97 Å². The maximum absolute atomic E-state index is 10.5. The molecule has 0 aromatic rings. The van der Waals surface area contributed by atoms with Gasteiger partial charge in [0.25, 0.3) is 0 Å². The Morgan fingerprint density at radius 2 is 1.04 bits per heavy atom. The van der Waals surface area contributed by atoms with Crippen molar-refractivity contribution >= 4 is 5.97 Å². The van der Waals surface area contributed by atoms with Crippen LogP contribution >= 0.6 is 0 Å². The molecule has 0 saturated carbocycles. The van der Waals surface area contributed by atoms with Gasteiger partial charge in [0.15, 0.2) is 0 Å². The molecular formula is C20H39NaO2. The van der Waals surface area contributed by atoms with Crippen LogP contribution in [0.5, 0.6) is 0 Å². The third-order valence-electron chi connectivity index (χ3n) is 4.78. The standard InChI is InChI=1S/C20H40O2.Na/c1-16(2)9-6-10-17(3)11-7-12-18(4)13-8-14-19(5)15-20(21)22;/h16-19H,6-15H2,1-5H3,(H,21,22);/q;+1/p-1/t17-,18-,19+;/m1./s1. The van der Waals surface area contributed by atoms with Gasteiger partial charge in [0.2, 0.25) is 0 Å². The Bertz CT molecular complexity index is 279. The zero-order chi connectivity index (χ0) is 17.0. The number of hydrogen-bond donors (Lipinski definition) is 0. The average Bonchev–Trinajstić information content (AvgIpc) is 2.37. The SMILES string of the molecule is CC(C)CCC[C@@H](C)CCC[C@@H](C)CCC[C@H](C)CC(=O)[O-].[Na+]. The molecule has 0 radical (unpaired) electrons. The molecule has 3 heteroatoms. The van der Waals surface area contributed by atoms with E-state index in [2.05, 4.69) is 27.7 Å². The number of aliphatic carboxylic acids is 1. The molecule has 0 aliphatic rings. The molecule has 132 valence electrons. The molecule has 0 aliphatic heterocycles. The topological polar surface area (TPSA) is 40.1 Å². The first-order chi connectivity index (χ1) is 10.3. The normalized spacial score (nSPS) is 15.0. The summed E-state index contributed by atoms with van der Waals surface area (Å²) in [5, 5.41) is 10.5. The van der Waals surface area contributed by atoms with Gasteiger partial charge in [-0.05, 0) is 30.1 Å². The second-order valence-corrected chi connectivity index (χ2v) is 8.08. The number of carbonyl (C=O) groups is 1. The van der Waals surface area contributed by atoms with E-state index in [1.165, 1.54) is 44.9 Å². The Morgan fingerprint density at radius 3 is 1.39 bits per heavy atom. The zero-order valence-electron chi connectivity index (χ0n) is 16.7. The van der Waals surface area contributed by atoms with Gasteiger partial charge >= 0.3 is 29.6 Å². The van der Waals surface area contributed by atoms with Crippen LogP contribution in [0.15, 0.2) is 0 Å². The van der Waals surface area contributed by atoms with Gasteiger partial charge in [-0.25, -0.2) is 0 Å². The molecule has 0 spiro atoms. The number of carboxylic acid groups (broad SMARTS) is 1. The van der Waals surface area contributed by atoms with Crippen molar-refractivity contribution in [3.8, 4) is 0 Å². The molecule has 0 amide bonds. The number of rotatable bonds is 14. The molecule has 0 unspecified atom stereocenters. The van der Waals surface area contributed by atoms with Crippen LogP contribution in [0.4, 0.5) is 0 Å². The predicted octanol–water partition coefficient (Wildman–Crippen LogP) is 2.21. The molecule has 0 heterocycles. The summed E-state index contributed by atoms with van der Waals surface area (Å²) in [4.78, 5) is 10.5. The Kier molecular flexibility index (Phi) is 17.8. The fourth-order valence-corrected chi connectivity index (χ4v) is 3.18. The van der Waals surface area contributed by atoms with Gasteiger partial charge in [-0.3, -0.25) is 0 Å². The molecular weight excluding hydrogens is 295 g/mol. The summed E-state index contributed by atoms with van der Waals surface area (Å²) in [5.41, 5.74) is 0. The molecule has 23 heavy (non-hydrogen) atoms. The van der Waals surface area contributed by atoms with Crippen LogP contribution in [0.1, 0.15) is 98.8 Å². The molecule has 0 saturated heterocycles. The van der Waals surface area contributed by atoms with Gasteiger partial charge in [-0.15, -0.1) is 0 Å². The maximum atomic E-state index is 10.5. The van der Waals surface area contributed by atoms with Crippen molar-refractivity contribution in [2.45, 2.75) is 98.8 Å². The Hall–Kier alpha value is 0.470. The first-order valence-electron chi connectivity index (χ1n) is 9.51. The smallest absolute Gasteiger partial charge is 0.550 e. The number of carbonyl (C=O) groups excluding carboxylic acids is 1. The summed E-state index contributed by atoms with van der Waals surface area (Å²) in [6, 6.07) is 0. The molecule has 0 rings (SSSR count). The predicted molar refractivity (Wildman–Crippen MR) is 93.5 cm³/mol. The maximum Gasteiger partial charge on any atom is 1.00 e. The Balaban J connectivity index is 0. The minimum atomic E-state index is -0.910. The minimum absolute atomic E-state index is 0. The molecule has 3 atom stereocenters. The van der Waals surface area contributed by atoms with Crippen LogP contribution in [0.25, 0.3) is 0 Å². The second kappa shape index (κ2) is 16.0. The number of hydrogen-bond acceptors (Lipinski definition) is 2. The molecule has 0 aromatic heterocycles. The van der Waals surface area contributed by atoms with Gasteiger partial charge in [-0.2, -0.15) is 0 Å². The molecule has 0 fully saturated rings. The summed E-state index contributed by atoms with van der Waals surface area (Å²) in [6.45, 7) is 11.4. The van der Waals surface area contributed by atoms with Crippen LogP contribution in [0, 0.1) is 23.7 Å². The summed E-state index contributed by atoms with van der Waals surface area (Å²) >= 11 is 0. The Labute approximate surface area is 167 Å². The molecule has 0 N–H and O–H groups in total. The fraction of sp³-hybridized carbons (Fsp3) is 0.950. The van der Waals surface area contributed by atoms with Gasteiger partial charge < -0.3 is 9.90 Å². The number of carboxylic acids is 1. The summed E-state index contributed by atoms with van der Waals surface area (Å²) in [7, 11) is 0. The molecule has 0 aromatic carbocycles. The quantitative estimate of drug-likeness (QED) is 0.457. The Morgan fingerprint density at radius 1 is 0.696 bits per heavy atom. The monoisotopic (exact) mass is 334 g/mol. The van der Waals surface area contributed by atoms with Crippen molar-refractivity contribution in [3.63, 3.8) is 0 Å². The van der Waals surface area contributed by atoms with Gasteiger partial charge in [-0.1, -0.05) is 92.4 Å². The van der Waals surface area contributed by atoms with Crippen LogP contribution in [0.2, 0.25) is 0 Å². The van der Waals surface area contributed by atoms with E-state index in [4.69, 9.17) is 0 Å². The minimum Gasteiger partial charge on any atom is -0.550 e. The van der Waals surface area contributed by atoms with Crippen molar-refractivity contribution in [1.82, 2.24) is 0 Å². The van der Waals surface area contributed by atoms with Crippen molar-refractivity contribution in [2.75, 3.05) is 0 Å². The second-order valence-electron chi connectivity index (χ2n) is 8.08. The molecule has 0 bridgehead atoms. The van der Waals surface area contributed by atoms with Crippen LogP contribution < -0.4 is 34.7 Å². The van der Waals surface area contributed by atoms with E-state index in [0.29, 0.717) is 0 Å². The van der Waals surface area contributed by atoms with Gasteiger partial charge in [0.05, 0.1) is 0 Å². The summed E-state index contributed by atoms with van der Waals surface area (Å²) in [5.74, 6) is 1.84. The van der Waals surface area contributed by atoms with Crippen molar-refractivity contribution in [3.05, 3.63) is 0 Å². The van der Waals surface area contributed by atoms with Crippen molar-refractivity contribution in [1.29, 1.82) is 0 Å². The zero-order valence-corrected chi connectivity index (χ0v) is 18.7. The van der Waals surface area contributed by atoms with Gasteiger partial charge in [0, 0.05) is 5.97 Å². The van der Waals surface area contributed by atoms with E-state index < -0.39 is 5.97 Å². The van der Waals surface area contributed by atoms with Crippen molar-refractivity contribution in [2.24, 2.45) is 23.7 Å².